The van der Waals surface area contributed by atoms with Gasteiger partial charge in [-0.15, -0.1) is 0 Å². The molecule has 3 aromatic heterocycles. The van der Waals surface area contributed by atoms with E-state index in [-0.39, 0.29) is 5.41 Å². The second-order valence-corrected chi connectivity index (χ2v) is 9.46. The first-order chi connectivity index (χ1) is 13.7. The number of pyridine rings is 2. The number of nitrogens with zero attached hydrogens (tertiary/aromatic N) is 2. The van der Waals surface area contributed by atoms with Gasteiger partial charge in [0.2, 0.25) is 11.4 Å². The predicted octanol–water partition coefficient (Wildman–Crippen LogP) is 6.24. The van der Waals surface area contributed by atoms with Gasteiger partial charge in [0.1, 0.15) is 7.05 Å². The quantitative estimate of drug-likeness (QED) is 0.389. The maximum Gasteiger partial charge on any atom is 0.227 e. The molecule has 0 aliphatic rings. The van der Waals surface area contributed by atoms with E-state index in [2.05, 4.69) is 89.7 Å². The van der Waals surface area contributed by atoms with Crippen LogP contribution in [0.25, 0.3) is 33.3 Å². The highest BCUT2D eigenvalue weighted by atomic mass is 16.3. The van der Waals surface area contributed by atoms with Crippen molar-refractivity contribution >= 4 is 22.1 Å². The molecule has 0 spiro atoms. The standard InChI is InChI=1S/C26H31N2O/c1-8-19-10-12-21-20-11-9-16(2)23(24(20)29-25(21)27-19)22-13-18(14-26(4,5)6)17(3)15-28(22)7/h9-13,15H,8,14H2,1-7H3/q+1. The van der Waals surface area contributed by atoms with E-state index < -0.39 is 0 Å². The highest BCUT2D eigenvalue weighted by molar-refractivity contribution is 6.08. The van der Waals surface area contributed by atoms with Gasteiger partial charge >= 0.3 is 0 Å². The van der Waals surface area contributed by atoms with Gasteiger partial charge in [-0.3, -0.25) is 0 Å². The van der Waals surface area contributed by atoms with Crippen molar-refractivity contribution in [3.8, 4) is 11.3 Å². The molecular weight excluding hydrogens is 356 g/mol. The van der Waals surface area contributed by atoms with Crippen molar-refractivity contribution in [3.63, 3.8) is 0 Å². The first kappa shape index (κ1) is 19.6. The van der Waals surface area contributed by atoms with Crippen molar-refractivity contribution in [1.82, 2.24) is 4.98 Å². The van der Waals surface area contributed by atoms with Crippen molar-refractivity contribution in [2.45, 2.75) is 54.4 Å². The second kappa shape index (κ2) is 6.98. The average Bonchev–Trinajstić information content (AvgIpc) is 3.01. The van der Waals surface area contributed by atoms with E-state index in [9.17, 15) is 0 Å². The minimum Gasteiger partial charge on any atom is -0.437 e. The van der Waals surface area contributed by atoms with Crippen LogP contribution in [0.4, 0.5) is 0 Å². The Morgan fingerprint density at radius 2 is 1.72 bits per heavy atom. The summed E-state index contributed by atoms with van der Waals surface area (Å²) in [5, 5.41) is 2.22. The Kier molecular flexibility index (Phi) is 4.72. The molecule has 0 saturated heterocycles. The van der Waals surface area contributed by atoms with Crippen LogP contribution < -0.4 is 4.57 Å². The summed E-state index contributed by atoms with van der Waals surface area (Å²) in [6.45, 7) is 13.4. The third-order valence-electron chi connectivity index (χ3n) is 5.70. The first-order valence-electron chi connectivity index (χ1n) is 10.5. The molecule has 3 heterocycles. The lowest BCUT2D eigenvalue weighted by molar-refractivity contribution is -0.660. The summed E-state index contributed by atoms with van der Waals surface area (Å²) in [7, 11) is 2.12. The Balaban J connectivity index is 2.00. The fourth-order valence-corrected chi connectivity index (χ4v) is 4.21. The third-order valence-corrected chi connectivity index (χ3v) is 5.70. The summed E-state index contributed by atoms with van der Waals surface area (Å²) in [5.74, 6) is 0. The smallest absolute Gasteiger partial charge is 0.227 e. The zero-order valence-electron chi connectivity index (χ0n) is 18.7. The monoisotopic (exact) mass is 387 g/mol. The molecule has 3 heteroatoms. The largest absolute Gasteiger partial charge is 0.437 e. The molecule has 0 bridgehead atoms. The second-order valence-electron chi connectivity index (χ2n) is 9.46. The SMILES string of the molecule is CCc1ccc2c(n1)oc1c(-c3cc(CC(C)(C)C)c(C)c[n+]3C)c(C)ccc12. The van der Waals surface area contributed by atoms with Crippen LogP contribution in [-0.4, -0.2) is 4.98 Å². The molecule has 0 N–H and O–H groups in total. The highest BCUT2D eigenvalue weighted by Crippen LogP contribution is 2.37. The van der Waals surface area contributed by atoms with Crippen LogP contribution in [0.5, 0.6) is 0 Å². The van der Waals surface area contributed by atoms with Gasteiger partial charge < -0.3 is 4.42 Å². The number of hydrogen-bond donors (Lipinski definition) is 0. The fourth-order valence-electron chi connectivity index (χ4n) is 4.21. The normalized spacial score (nSPS) is 12.2. The summed E-state index contributed by atoms with van der Waals surface area (Å²) >= 11 is 0. The van der Waals surface area contributed by atoms with Gasteiger partial charge in [-0.05, 0) is 55.4 Å². The number of fused-ring (bicyclic) bond motifs is 3. The fraction of sp³-hybridized carbons (Fsp3) is 0.385. The molecule has 1 aromatic carbocycles. The number of benzene rings is 1. The molecule has 0 radical (unpaired) electrons. The van der Waals surface area contributed by atoms with E-state index in [4.69, 9.17) is 9.40 Å². The summed E-state index contributed by atoms with van der Waals surface area (Å²) in [5.41, 5.74) is 9.25. The predicted molar refractivity (Wildman–Crippen MR) is 120 cm³/mol. The van der Waals surface area contributed by atoms with E-state index in [0.29, 0.717) is 0 Å². The highest BCUT2D eigenvalue weighted by Gasteiger charge is 2.24. The topological polar surface area (TPSA) is 29.9 Å². The molecule has 150 valence electrons. The van der Waals surface area contributed by atoms with Crippen molar-refractivity contribution in [2.75, 3.05) is 0 Å². The zero-order chi connectivity index (χ0) is 20.9. The Hall–Kier alpha value is -2.68. The van der Waals surface area contributed by atoms with E-state index in [0.717, 1.165) is 46.2 Å². The molecule has 0 fully saturated rings. The third kappa shape index (κ3) is 3.55. The number of hydrogen-bond acceptors (Lipinski definition) is 2. The Labute approximate surface area is 173 Å². The summed E-state index contributed by atoms with van der Waals surface area (Å²) in [6, 6.07) is 11.0. The molecule has 0 aliphatic carbocycles. The Morgan fingerprint density at radius 3 is 2.41 bits per heavy atom. The molecule has 4 aromatic rings. The molecule has 0 atom stereocenters. The minimum atomic E-state index is 0.239. The van der Waals surface area contributed by atoms with Crippen LogP contribution in [0.3, 0.4) is 0 Å². The van der Waals surface area contributed by atoms with Crippen LogP contribution in [0.2, 0.25) is 0 Å². The van der Waals surface area contributed by atoms with Gasteiger partial charge in [0.15, 0.2) is 11.8 Å². The van der Waals surface area contributed by atoms with Crippen molar-refractivity contribution < 1.29 is 8.98 Å². The van der Waals surface area contributed by atoms with Gasteiger partial charge in [-0.25, -0.2) is 9.55 Å². The molecule has 0 saturated carbocycles. The van der Waals surface area contributed by atoms with E-state index in [1.54, 1.807) is 0 Å². The summed E-state index contributed by atoms with van der Waals surface area (Å²) in [6.07, 6.45) is 4.19. The zero-order valence-corrected chi connectivity index (χ0v) is 18.7. The molecular formula is C26H31N2O+. The Morgan fingerprint density at radius 1 is 1.00 bits per heavy atom. The lowest BCUT2D eigenvalue weighted by Crippen LogP contribution is -2.32. The van der Waals surface area contributed by atoms with Crippen LogP contribution in [0.1, 0.15) is 50.1 Å². The maximum atomic E-state index is 6.36. The number of aromatic nitrogens is 2. The molecule has 4 rings (SSSR count). The minimum absolute atomic E-state index is 0.239. The van der Waals surface area contributed by atoms with Gasteiger partial charge in [0, 0.05) is 28.1 Å². The van der Waals surface area contributed by atoms with Gasteiger partial charge in [0.05, 0.1) is 5.56 Å². The maximum absolute atomic E-state index is 6.36. The van der Waals surface area contributed by atoms with Crippen LogP contribution >= 0.6 is 0 Å². The lowest BCUT2D eigenvalue weighted by Gasteiger charge is -2.19. The molecule has 0 aliphatic heterocycles. The van der Waals surface area contributed by atoms with Crippen LogP contribution in [0, 0.1) is 19.3 Å². The van der Waals surface area contributed by atoms with E-state index in [1.807, 2.05) is 0 Å². The van der Waals surface area contributed by atoms with Gasteiger partial charge in [-0.1, -0.05) is 39.8 Å². The first-order valence-corrected chi connectivity index (χ1v) is 10.5. The number of furan rings is 1. The molecule has 0 unspecified atom stereocenters. The average molecular weight is 388 g/mol. The number of rotatable bonds is 3. The molecule has 0 amide bonds. The van der Waals surface area contributed by atoms with Crippen molar-refractivity contribution in [1.29, 1.82) is 0 Å². The molecule has 29 heavy (non-hydrogen) atoms. The van der Waals surface area contributed by atoms with Crippen molar-refractivity contribution in [3.05, 3.63) is 58.9 Å². The van der Waals surface area contributed by atoms with E-state index in [1.165, 1.54) is 22.4 Å². The van der Waals surface area contributed by atoms with E-state index >= 15 is 0 Å². The Bertz CT molecular complexity index is 1230. The van der Waals surface area contributed by atoms with Crippen molar-refractivity contribution in [2.24, 2.45) is 12.5 Å². The summed E-state index contributed by atoms with van der Waals surface area (Å²) in [4.78, 5) is 4.72. The number of aryl methyl sites for hydroxylation is 4. The van der Waals surface area contributed by atoms with Gasteiger partial charge in [-0.2, -0.15) is 0 Å². The van der Waals surface area contributed by atoms with Crippen LogP contribution in [0.15, 0.2) is 40.9 Å². The summed E-state index contributed by atoms with van der Waals surface area (Å²) < 4.78 is 8.59. The van der Waals surface area contributed by atoms with Gasteiger partial charge in [0.25, 0.3) is 0 Å². The lowest BCUT2D eigenvalue weighted by atomic mass is 9.86. The molecule has 3 nitrogen and oxygen atoms in total. The van der Waals surface area contributed by atoms with Crippen LogP contribution in [-0.2, 0) is 19.9 Å².